The summed E-state index contributed by atoms with van der Waals surface area (Å²) in [4.78, 5) is 33.1. The van der Waals surface area contributed by atoms with E-state index in [0.29, 0.717) is 31.7 Å². The van der Waals surface area contributed by atoms with Gasteiger partial charge in [-0.25, -0.2) is 26.4 Å². The number of carboxylic acids is 1. The lowest BCUT2D eigenvalue weighted by molar-refractivity contribution is -0.192. The van der Waals surface area contributed by atoms with Crippen molar-refractivity contribution < 1.29 is 49.4 Å². The molecule has 0 atom stereocenters. The Labute approximate surface area is 390 Å². The van der Waals surface area contributed by atoms with Crippen LogP contribution in [0.1, 0.15) is 94.4 Å². The molecule has 0 saturated carbocycles. The van der Waals surface area contributed by atoms with Gasteiger partial charge >= 0.3 is 18.2 Å². The highest BCUT2D eigenvalue weighted by atomic mass is 32.2. The molecule has 2 aromatic rings. The number of rotatable bonds is 6. The minimum atomic E-state index is -5.08. The quantitative estimate of drug-likeness (QED) is 0.339. The Kier molecular flexibility index (Phi) is 16.4. The van der Waals surface area contributed by atoms with Crippen LogP contribution >= 0.6 is 0 Å². The predicted octanol–water partition coefficient (Wildman–Crippen LogP) is 6.18. The number of anilines is 2. The van der Waals surface area contributed by atoms with Crippen molar-refractivity contribution in [3.8, 4) is 0 Å². The number of hydrogen-bond acceptors (Lipinski definition) is 12. The number of aryl methyl sites for hydroxylation is 2. The fourth-order valence-corrected chi connectivity index (χ4v) is 12.9. The Hall–Kier alpha value is -3.65. The molecule has 14 nitrogen and oxygen atoms in total. The smallest absolute Gasteiger partial charge is 0.475 e. The van der Waals surface area contributed by atoms with Gasteiger partial charge in [0.05, 0.1) is 23.0 Å². The zero-order valence-corrected chi connectivity index (χ0v) is 41.1. The van der Waals surface area contributed by atoms with Gasteiger partial charge in [-0.1, -0.05) is 24.3 Å². The number of amides is 1. The Balaban J connectivity index is 0.000000194. The highest BCUT2D eigenvalue weighted by Gasteiger charge is 2.45. The van der Waals surface area contributed by atoms with Crippen molar-refractivity contribution >= 4 is 43.1 Å². The molecule has 6 heterocycles. The minimum absolute atomic E-state index is 0.131. The first kappa shape index (κ1) is 51.7. The largest absolute Gasteiger partial charge is 0.490 e. The molecule has 2 spiro atoms. The monoisotopic (exact) mass is 968 g/mol. The average molecular weight is 969 g/mol. The van der Waals surface area contributed by atoms with Gasteiger partial charge in [0.1, 0.15) is 5.60 Å². The molecular weight excluding hydrogens is 898 g/mol. The number of halogens is 3. The van der Waals surface area contributed by atoms with Crippen LogP contribution < -0.4 is 15.1 Å². The number of ether oxygens (including phenoxy) is 1. The van der Waals surface area contributed by atoms with E-state index in [1.54, 1.807) is 0 Å². The van der Waals surface area contributed by atoms with Gasteiger partial charge < -0.3 is 29.9 Å². The third-order valence-electron chi connectivity index (χ3n) is 14.2. The highest BCUT2D eigenvalue weighted by molar-refractivity contribution is 7.91. The van der Waals surface area contributed by atoms with Crippen LogP contribution in [0.25, 0.3) is 0 Å². The molecule has 0 unspecified atom stereocenters. The molecule has 1 amide bonds. The number of nitrogens with zero attached hydrogens (tertiary/aromatic N) is 5. The lowest BCUT2D eigenvalue weighted by atomic mass is 9.84. The summed E-state index contributed by atoms with van der Waals surface area (Å²) in [7, 11) is -5.76. The molecule has 0 aliphatic carbocycles. The summed E-state index contributed by atoms with van der Waals surface area (Å²) in [5, 5.41) is 10.6. The van der Waals surface area contributed by atoms with E-state index in [0.717, 1.165) is 65.1 Å². The molecule has 0 radical (unpaired) electrons. The lowest BCUT2D eigenvalue weighted by Crippen LogP contribution is -2.53. The van der Waals surface area contributed by atoms with Gasteiger partial charge in [0.15, 0.2) is 19.7 Å². The number of sulfone groups is 2. The Morgan fingerprint density at radius 1 is 0.652 bits per heavy atom. The van der Waals surface area contributed by atoms with Crippen LogP contribution in [-0.2, 0) is 42.3 Å². The third-order valence-corrected chi connectivity index (χ3v) is 17.4. The molecule has 6 aliphatic rings. The number of nitrogens with one attached hydrogen (secondary N) is 1. The number of piperidine rings is 2. The molecule has 370 valence electrons. The summed E-state index contributed by atoms with van der Waals surface area (Å²) in [6, 6.07) is 13.3. The average Bonchev–Trinajstić information content (AvgIpc) is 3.81. The third kappa shape index (κ3) is 13.5. The number of benzene rings is 2. The van der Waals surface area contributed by atoms with Gasteiger partial charge in [-0.2, -0.15) is 13.2 Å². The van der Waals surface area contributed by atoms with Gasteiger partial charge in [-0.05, 0) is 147 Å². The maximum Gasteiger partial charge on any atom is 0.490 e. The van der Waals surface area contributed by atoms with Crippen LogP contribution in [0.2, 0.25) is 0 Å². The maximum absolute atomic E-state index is 12.5. The van der Waals surface area contributed by atoms with E-state index in [1.165, 1.54) is 72.3 Å². The van der Waals surface area contributed by atoms with Crippen molar-refractivity contribution in [2.24, 2.45) is 0 Å². The normalized spacial score (nSPS) is 22.9. The molecule has 66 heavy (non-hydrogen) atoms. The van der Waals surface area contributed by atoms with E-state index in [1.807, 2.05) is 25.7 Å². The summed E-state index contributed by atoms with van der Waals surface area (Å²) >= 11 is 0. The number of carbonyl (C=O) groups excluding carboxylic acids is 1. The lowest BCUT2D eigenvalue weighted by Gasteiger charge is -2.45. The maximum atomic E-state index is 12.5. The van der Waals surface area contributed by atoms with Crippen molar-refractivity contribution in [3.05, 3.63) is 58.7 Å². The number of hydrogen-bond donors (Lipinski definition) is 2. The fourth-order valence-electron chi connectivity index (χ4n) is 10.5. The summed E-state index contributed by atoms with van der Waals surface area (Å²) in [6.07, 6.45) is 4.09. The van der Waals surface area contributed by atoms with Crippen molar-refractivity contribution in [2.45, 2.75) is 122 Å². The van der Waals surface area contributed by atoms with Crippen LogP contribution in [-0.4, -0.2) is 160 Å². The van der Waals surface area contributed by atoms with Crippen molar-refractivity contribution in [1.29, 1.82) is 0 Å². The van der Waals surface area contributed by atoms with Crippen LogP contribution in [0, 0.1) is 13.8 Å². The molecule has 6 aliphatic heterocycles. The molecule has 0 bridgehead atoms. The van der Waals surface area contributed by atoms with Gasteiger partial charge in [-0.15, -0.1) is 0 Å². The Bertz CT molecular complexity index is 2210. The first-order valence-electron chi connectivity index (χ1n) is 23.5. The summed E-state index contributed by atoms with van der Waals surface area (Å²) < 4.78 is 84.8. The Morgan fingerprint density at radius 3 is 1.42 bits per heavy atom. The second kappa shape index (κ2) is 20.9. The SMILES string of the molecule is Cc1ccc(CN2CCCC23CCN(C(=O)OC(C)(C)C)CC3)c(N2CCS(=O)(=O)CC2)c1.Cc1ccc(CN2CCCC23CCNCC3)c(N2CCS(=O)(=O)CC2)c1.O=C(O)C(F)(F)F. The molecular formula is C47H71F3N6O8S2. The number of carbonyl (C=O) groups is 2. The molecule has 19 heteroatoms. The predicted molar refractivity (Wildman–Crippen MR) is 252 cm³/mol. The van der Waals surface area contributed by atoms with E-state index in [-0.39, 0.29) is 34.6 Å². The van der Waals surface area contributed by atoms with Crippen LogP contribution in [0.15, 0.2) is 36.4 Å². The van der Waals surface area contributed by atoms with Gasteiger partial charge in [-0.3, -0.25) is 9.80 Å². The van der Waals surface area contributed by atoms with Crippen molar-refractivity contribution in [2.75, 3.05) is 98.3 Å². The summed E-state index contributed by atoms with van der Waals surface area (Å²) in [5.74, 6) is -1.74. The zero-order valence-electron chi connectivity index (χ0n) is 39.4. The molecule has 6 saturated heterocycles. The first-order valence-corrected chi connectivity index (χ1v) is 27.1. The fraction of sp³-hybridized carbons (Fsp3) is 0.702. The van der Waals surface area contributed by atoms with Crippen molar-refractivity contribution in [1.82, 2.24) is 20.0 Å². The standard InChI is InChI=1S/C25H39N3O4S.C20H31N3O2S.C2HF3O2/c1-20-6-7-21(22(18-20)26-14-16-33(30,31)17-15-26)19-28-11-5-8-25(28)9-12-27(13-10-25)23(29)32-24(2,3)4;1-17-3-4-18(19(15-17)22-11-13-26(24,25)14-12-22)16-23-10-2-5-20(23)6-8-21-9-7-20;3-2(4,5)1(6)7/h6-7,18H,5,8-17,19H2,1-4H3;3-4,15,21H,2,5-14,16H2,1H3;(H,6,7). The van der Waals surface area contributed by atoms with Gasteiger partial charge in [0.25, 0.3) is 0 Å². The van der Waals surface area contributed by atoms with Crippen LogP contribution in [0.4, 0.5) is 29.3 Å². The summed E-state index contributed by atoms with van der Waals surface area (Å²) in [5.41, 5.74) is 7.53. The second-order valence-electron chi connectivity index (χ2n) is 20.1. The van der Waals surface area contributed by atoms with Crippen LogP contribution in [0.5, 0.6) is 0 Å². The molecule has 2 N–H and O–H groups in total. The Morgan fingerprint density at radius 2 is 1.05 bits per heavy atom. The minimum Gasteiger partial charge on any atom is -0.475 e. The number of carboxylic acid groups (broad SMARTS) is 1. The molecule has 0 aromatic heterocycles. The van der Waals surface area contributed by atoms with Gasteiger partial charge in [0.2, 0.25) is 0 Å². The topological polar surface area (TPSA) is 160 Å². The van der Waals surface area contributed by atoms with E-state index >= 15 is 0 Å². The van der Waals surface area contributed by atoms with Gasteiger partial charge in [0, 0.05) is 74.8 Å². The number of likely N-dealkylation sites (tertiary alicyclic amines) is 3. The highest BCUT2D eigenvalue weighted by Crippen LogP contribution is 2.42. The van der Waals surface area contributed by atoms with E-state index < -0.39 is 37.4 Å². The summed E-state index contributed by atoms with van der Waals surface area (Å²) in [6.45, 7) is 20.1. The van der Waals surface area contributed by atoms with E-state index in [9.17, 15) is 34.8 Å². The molecule has 8 rings (SSSR count). The number of aliphatic carboxylic acids is 1. The number of alkyl halides is 3. The van der Waals surface area contributed by atoms with E-state index in [2.05, 4.69) is 75.2 Å². The zero-order chi connectivity index (χ0) is 48.1. The first-order chi connectivity index (χ1) is 30.9. The second-order valence-corrected chi connectivity index (χ2v) is 24.7. The molecule has 6 fully saturated rings. The van der Waals surface area contributed by atoms with Crippen LogP contribution in [0.3, 0.4) is 0 Å². The van der Waals surface area contributed by atoms with Crippen molar-refractivity contribution in [3.63, 3.8) is 0 Å². The molecule has 2 aromatic carbocycles. The van der Waals surface area contributed by atoms with E-state index in [4.69, 9.17) is 14.6 Å².